The van der Waals surface area contributed by atoms with Crippen LogP contribution in [0.1, 0.15) is 11.1 Å². The van der Waals surface area contributed by atoms with Gasteiger partial charge in [-0.2, -0.15) is 0 Å². The zero-order valence-corrected chi connectivity index (χ0v) is 18.8. The fourth-order valence-corrected chi connectivity index (χ4v) is 4.33. The molecule has 0 atom stereocenters. The second-order valence-corrected chi connectivity index (χ2v) is 12.9. The number of rotatable bonds is 6. The minimum Gasteiger partial charge on any atom is -0.401 e. The number of benzene rings is 4. The molecule has 1 radical (unpaired) electrons. The highest BCUT2D eigenvalue weighted by atomic mass is 28.4. The molecule has 0 aliphatic carbocycles. The van der Waals surface area contributed by atoms with Crippen molar-refractivity contribution in [1.82, 2.24) is 0 Å². The summed E-state index contributed by atoms with van der Waals surface area (Å²) in [4.78, 5) is 0. The highest BCUT2D eigenvalue weighted by molar-refractivity contribution is 6.70. The lowest BCUT2D eigenvalue weighted by Gasteiger charge is -2.26. The molecule has 0 unspecified atom stereocenters. The third-order valence-electron chi connectivity index (χ3n) is 4.92. The second-order valence-electron chi connectivity index (χ2n) is 8.43. The maximum absolute atomic E-state index is 6.56. The first-order valence-electron chi connectivity index (χ1n) is 10.4. The third-order valence-corrected chi connectivity index (χ3v) is 5.73. The smallest absolute Gasteiger partial charge is 0.185 e. The van der Waals surface area contributed by atoms with Crippen molar-refractivity contribution in [2.24, 2.45) is 0 Å². The van der Waals surface area contributed by atoms with Crippen molar-refractivity contribution in [3.05, 3.63) is 126 Å². The van der Waals surface area contributed by atoms with Crippen molar-refractivity contribution >= 4 is 8.32 Å². The Bertz CT molecular complexity index is 981. The highest BCUT2D eigenvalue weighted by Crippen LogP contribution is 2.31. The van der Waals surface area contributed by atoms with Crippen LogP contribution in [0.25, 0.3) is 22.3 Å². The zero-order chi connectivity index (χ0) is 21.0. The maximum atomic E-state index is 6.56. The van der Waals surface area contributed by atoms with E-state index < -0.39 is 8.32 Å². The lowest BCUT2D eigenvalue weighted by molar-refractivity contribution is 0.370. The predicted octanol–water partition coefficient (Wildman–Crippen LogP) is 7.80. The molecule has 0 heterocycles. The first-order valence-corrected chi connectivity index (χ1v) is 13.8. The molecule has 0 saturated heterocycles. The van der Waals surface area contributed by atoms with Crippen LogP contribution >= 0.6 is 0 Å². The third kappa shape index (κ3) is 4.96. The molecule has 0 N–H and O–H groups in total. The van der Waals surface area contributed by atoms with Gasteiger partial charge in [-0.05, 0) is 53.0 Å². The summed E-state index contributed by atoms with van der Waals surface area (Å²) in [7, 11) is -1.78. The van der Waals surface area contributed by atoms with Crippen LogP contribution in [0.15, 0.2) is 109 Å². The molecule has 0 amide bonds. The van der Waals surface area contributed by atoms with E-state index in [2.05, 4.69) is 117 Å². The Balaban J connectivity index is 1.65. The van der Waals surface area contributed by atoms with Gasteiger partial charge in [0.2, 0.25) is 0 Å². The topological polar surface area (TPSA) is 9.23 Å². The van der Waals surface area contributed by atoms with Crippen molar-refractivity contribution in [2.45, 2.75) is 19.6 Å². The normalized spacial score (nSPS) is 11.6. The zero-order valence-electron chi connectivity index (χ0n) is 17.8. The van der Waals surface area contributed by atoms with Crippen molar-refractivity contribution in [3.8, 4) is 22.3 Å². The summed E-state index contributed by atoms with van der Waals surface area (Å²) >= 11 is 0. The molecule has 0 fully saturated rings. The molecule has 149 valence electrons. The van der Waals surface area contributed by atoms with Gasteiger partial charge >= 0.3 is 0 Å². The average molecular weight is 408 g/mol. The molecule has 0 aliphatic rings. The average Bonchev–Trinajstić information content (AvgIpc) is 2.78. The summed E-state index contributed by atoms with van der Waals surface area (Å²) in [6, 6.07) is 38.3. The molecule has 0 spiro atoms. The van der Waals surface area contributed by atoms with E-state index in [9.17, 15) is 0 Å². The fourth-order valence-electron chi connectivity index (χ4n) is 3.48. The van der Waals surface area contributed by atoms with E-state index in [1.165, 1.54) is 22.3 Å². The molecular weight excluding hydrogens is 380 g/mol. The summed E-state index contributed by atoms with van der Waals surface area (Å²) < 4.78 is 6.56. The van der Waals surface area contributed by atoms with Crippen LogP contribution in [0.5, 0.6) is 0 Å². The monoisotopic (exact) mass is 407 g/mol. The summed E-state index contributed by atoms with van der Waals surface area (Å²) in [6.45, 7) is 6.68. The van der Waals surface area contributed by atoms with Crippen molar-refractivity contribution in [3.63, 3.8) is 0 Å². The van der Waals surface area contributed by atoms with Crippen LogP contribution < -0.4 is 0 Å². The van der Waals surface area contributed by atoms with Crippen molar-refractivity contribution in [1.29, 1.82) is 0 Å². The van der Waals surface area contributed by atoms with Gasteiger partial charge in [0, 0.05) is 0 Å². The lowest BCUT2D eigenvalue weighted by atomic mass is 9.96. The van der Waals surface area contributed by atoms with Crippen LogP contribution in [-0.2, 0) is 4.43 Å². The van der Waals surface area contributed by atoms with Gasteiger partial charge < -0.3 is 4.43 Å². The summed E-state index contributed by atoms with van der Waals surface area (Å²) in [5.74, 6) is 0. The Labute approximate surface area is 181 Å². The molecule has 2 heteroatoms. The molecule has 0 aliphatic heterocycles. The van der Waals surface area contributed by atoms with E-state index in [4.69, 9.17) is 4.43 Å². The van der Waals surface area contributed by atoms with Crippen LogP contribution in [0.3, 0.4) is 0 Å². The van der Waals surface area contributed by atoms with Gasteiger partial charge in [0.15, 0.2) is 8.32 Å². The Hall–Kier alpha value is -2.94. The standard InChI is InChI=1S/C28H27OSi/c1-30(2,3)29-28(26-18-14-24(15-19-26)22-10-6-4-7-11-22)27-20-16-25(17-21-27)23-12-8-5-9-13-23/h4-21H,1-3H3. The Morgan fingerprint density at radius 1 is 0.467 bits per heavy atom. The fraction of sp³-hybridized carbons (Fsp3) is 0.107. The van der Waals surface area contributed by atoms with Crippen LogP contribution in [0, 0.1) is 6.10 Å². The Kier molecular flexibility index (Phi) is 5.98. The van der Waals surface area contributed by atoms with Gasteiger partial charge in [-0.25, -0.2) is 0 Å². The Morgan fingerprint density at radius 3 is 1.13 bits per heavy atom. The first kappa shape index (κ1) is 20.3. The summed E-state index contributed by atoms with van der Waals surface area (Å²) in [6.07, 6.45) is 0.966. The number of hydrogen-bond donors (Lipinski definition) is 0. The van der Waals surface area contributed by atoms with Crippen molar-refractivity contribution < 1.29 is 4.43 Å². The Morgan fingerprint density at radius 2 is 0.800 bits per heavy atom. The van der Waals surface area contributed by atoms with Gasteiger partial charge in [0.05, 0.1) is 0 Å². The minimum atomic E-state index is -1.78. The van der Waals surface area contributed by atoms with E-state index in [1.807, 2.05) is 12.1 Å². The molecule has 4 rings (SSSR count). The van der Waals surface area contributed by atoms with Gasteiger partial charge in [0.25, 0.3) is 0 Å². The van der Waals surface area contributed by atoms with Crippen LogP contribution in [0.4, 0.5) is 0 Å². The van der Waals surface area contributed by atoms with Gasteiger partial charge in [-0.3, -0.25) is 0 Å². The van der Waals surface area contributed by atoms with Crippen LogP contribution in [-0.4, -0.2) is 8.32 Å². The van der Waals surface area contributed by atoms with Crippen molar-refractivity contribution in [2.75, 3.05) is 0 Å². The SMILES string of the molecule is C[Si](C)(C)O[C](c1ccc(-c2ccccc2)cc1)c1ccc(-c2ccccc2)cc1. The molecule has 4 aromatic carbocycles. The van der Waals surface area contributed by atoms with E-state index in [0.29, 0.717) is 0 Å². The largest absolute Gasteiger partial charge is 0.401 e. The number of hydrogen-bond acceptors (Lipinski definition) is 1. The first-order chi connectivity index (χ1) is 14.5. The van der Waals surface area contributed by atoms with E-state index in [1.54, 1.807) is 0 Å². The second kappa shape index (κ2) is 8.82. The molecule has 1 nitrogen and oxygen atoms in total. The quantitative estimate of drug-likeness (QED) is 0.296. The van der Waals surface area contributed by atoms with Gasteiger partial charge in [-0.15, -0.1) is 0 Å². The highest BCUT2D eigenvalue weighted by Gasteiger charge is 2.25. The summed E-state index contributed by atoms with van der Waals surface area (Å²) in [5.41, 5.74) is 7.11. The van der Waals surface area contributed by atoms with Gasteiger partial charge in [0.1, 0.15) is 6.10 Å². The summed E-state index contributed by atoms with van der Waals surface area (Å²) in [5, 5.41) is 0. The van der Waals surface area contributed by atoms with Gasteiger partial charge in [-0.1, -0.05) is 109 Å². The molecule has 0 bridgehead atoms. The van der Waals surface area contributed by atoms with Crippen LogP contribution in [0.2, 0.25) is 19.6 Å². The molecule has 4 aromatic rings. The lowest BCUT2D eigenvalue weighted by Crippen LogP contribution is -2.29. The molecular formula is C28H27OSi. The minimum absolute atomic E-state index is 0.966. The van der Waals surface area contributed by atoms with E-state index in [0.717, 1.165) is 17.2 Å². The van der Waals surface area contributed by atoms with E-state index >= 15 is 0 Å². The molecule has 30 heavy (non-hydrogen) atoms. The molecule has 0 aromatic heterocycles. The molecule has 0 saturated carbocycles. The maximum Gasteiger partial charge on any atom is 0.185 e. The van der Waals surface area contributed by atoms with E-state index in [-0.39, 0.29) is 0 Å². The predicted molar refractivity (Wildman–Crippen MR) is 130 cm³/mol.